The Morgan fingerprint density at radius 3 is 1.43 bits per heavy atom. The van der Waals surface area contributed by atoms with Gasteiger partial charge in [0.2, 0.25) is 0 Å². The zero-order valence-corrected chi connectivity index (χ0v) is 23.3. The minimum atomic E-state index is -2.02. The first kappa shape index (κ1) is 36.0. The Morgan fingerprint density at radius 1 is 0.455 bits per heavy atom. The molecular formula is C24H42O20. The highest BCUT2D eigenvalue weighted by atomic mass is 16.8. The van der Waals surface area contributed by atoms with Crippen molar-refractivity contribution in [1.29, 1.82) is 0 Å². The van der Waals surface area contributed by atoms with Crippen molar-refractivity contribution >= 4 is 0 Å². The van der Waals surface area contributed by atoms with E-state index < -0.39 is 143 Å². The van der Waals surface area contributed by atoms with Gasteiger partial charge in [-0.15, -0.1) is 0 Å². The lowest BCUT2D eigenvalue weighted by atomic mass is 9.96. The summed E-state index contributed by atoms with van der Waals surface area (Å²) in [4.78, 5) is 0. The van der Waals surface area contributed by atoms with E-state index in [9.17, 15) is 66.4 Å². The molecular weight excluding hydrogens is 608 g/mol. The molecule has 0 aliphatic carbocycles. The van der Waals surface area contributed by atoms with Gasteiger partial charge in [-0.25, -0.2) is 0 Å². The molecule has 0 bridgehead atoms. The summed E-state index contributed by atoms with van der Waals surface area (Å²) >= 11 is 0. The Labute approximate surface area is 249 Å². The van der Waals surface area contributed by atoms with Crippen LogP contribution in [0, 0.1) is 0 Å². The van der Waals surface area contributed by atoms with Crippen molar-refractivity contribution < 1.29 is 99.5 Å². The van der Waals surface area contributed by atoms with E-state index in [2.05, 4.69) is 0 Å². The molecule has 20 atom stereocenters. The summed E-state index contributed by atoms with van der Waals surface area (Å²) in [7, 11) is 0. The van der Waals surface area contributed by atoms with Gasteiger partial charge >= 0.3 is 0 Å². The van der Waals surface area contributed by atoms with Crippen LogP contribution in [-0.2, 0) is 33.2 Å². The van der Waals surface area contributed by atoms with Crippen molar-refractivity contribution in [3.05, 3.63) is 0 Å². The number of aliphatic hydroxyl groups is 13. The van der Waals surface area contributed by atoms with Crippen molar-refractivity contribution in [1.82, 2.24) is 0 Å². The largest absolute Gasteiger partial charge is 0.394 e. The van der Waals surface area contributed by atoms with Crippen LogP contribution in [0.5, 0.6) is 0 Å². The molecule has 4 aliphatic heterocycles. The third-order valence-electron chi connectivity index (χ3n) is 8.15. The number of hydrogen-bond acceptors (Lipinski definition) is 20. The smallest absolute Gasteiger partial charge is 0.187 e. The Kier molecular flexibility index (Phi) is 12.3. The molecule has 4 saturated heterocycles. The van der Waals surface area contributed by atoms with Crippen molar-refractivity contribution in [2.45, 2.75) is 130 Å². The van der Waals surface area contributed by atoms with Crippen molar-refractivity contribution in [3.8, 4) is 0 Å². The summed E-state index contributed by atoms with van der Waals surface area (Å²) < 4.78 is 38.1. The monoisotopic (exact) mass is 650 g/mol. The van der Waals surface area contributed by atoms with Crippen LogP contribution in [0.4, 0.5) is 0 Å². The topological polar surface area (TPSA) is 328 Å². The molecule has 4 heterocycles. The maximum atomic E-state index is 11.1. The average Bonchev–Trinajstić information content (AvgIpc) is 3.00. The fourth-order valence-electron chi connectivity index (χ4n) is 5.37. The molecule has 0 spiro atoms. The van der Waals surface area contributed by atoms with Crippen molar-refractivity contribution in [2.75, 3.05) is 19.8 Å². The lowest BCUT2D eigenvalue weighted by molar-refractivity contribution is -0.385. The fraction of sp³-hybridized carbons (Fsp3) is 1.00. The van der Waals surface area contributed by atoms with Gasteiger partial charge in [-0.05, 0) is 6.92 Å². The molecule has 0 saturated carbocycles. The highest BCUT2D eigenvalue weighted by molar-refractivity contribution is 4.96. The predicted octanol–water partition coefficient (Wildman–Crippen LogP) is -8.72. The second-order valence-electron chi connectivity index (χ2n) is 11.2. The summed E-state index contributed by atoms with van der Waals surface area (Å²) in [6.45, 7) is -0.945. The van der Waals surface area contributed by atoms with Crippen LogP contribution in [0.2, 0.25) is 0 Å². The van der Waals surface area contributed by atoms with E-state index in [0.29, 0.717) is 0 Å². The summed E-state index contributed by atoms with van der Waals surface area (Å²) in [6, 6.07) is 0. The molecule has 0 aromatic carbocycles. The van der Waals surface area contributed by atoms with Gasteiger partial charge in [0.1, 0.15) is 91.6 Å². The standard InChI is InChI=1S/C24H42O20/c1-5-9(27)14(32)20(21(37)39-5)44-24-18(36)15(33)19(43-23-17(35)13(31)11(29)7(3-26)41-23)8(42-24)4-38-22-16(34)12(30)10(28)6(2-25)40-22/h5-37H,2-4H2,1H3/t5-,6+,7+,8+,9-,10-,11-,12-,13-,14+,15+,16+,17+,18+,19+,20+,21?,22+,23-,24+/m0/s1. The summed E-state index contributed by atoms with van der Waals surface area (Å²) in [5.74, 6) is 0. The van der Waals surface area contributed by atoms with Gasteiger partial charge in [0.25, 0.3) is 0 Å². The molecule has 4 aliphatic rings. The van der Waals surface area contributed by atoms with Crippen LogP contribution in [0.1, 0.15) is 6.92 Å². The van der Waals surface area contributed by atoms with E-state index in [0.717, 1.165) is 0 Å². The zero-order valence-electron chi connectivity index (χ0n) is 23.3. The molecule has 20 heteroatoms. The minimum absolute atomic E-state index is 0.736. The van der Waals surface area contributed by atoms with Gasteiger partial charge in [0.15, 0.2) is 25.2 Å². The van der Waals surface area contributed by atoms with Crippen LogP contribution in [0.15, 0.2) is 0 Å². The second-order valence-corrected chi connectivity index (χ2v) is 11.2. The lowest BCUT2D eigenvalue weighted by Crippen LogP contribution is -2.66. The molecule has 4 rings (SSSR count). The van der Waals surface area contributed by atoms with Crippen LogP contribution < -0.4 is 0 Å². The summed E-state index contributed by atoms with van der Waals surface area (Å²) in [5.41, 5.74) is 0. The first-order chi connectivity index (χ1) is 20.7. The first-order valence-corrected chi connectivity index (χ1v) is 14.0. The first-order valence-electron chi connectivity index (χ1n) is 14.0. The van der Waals surface area contributed by atoms with Crippen molar-refractivity contribution in [3.63, 3.8) is 0 Å². The molecule has 258 valence electrons. The van der Waals surface area contributed by atoms with Crippen LogP contribution >= 0.6 is 0 Å². The van der Waals surface area contributed by atoms with E-state index in [-0.39, 0.29) is 0 Å². The van der Waals surface area contributed by atoms with Gasteiger partial charge < -0.3 is 99.5 Å². The summed E-state index contributed by atoms with van der Waals surface area (Å²) in [5, 5.41) is 133. The normalized spacial score (nSPS) is 53.9. The van der Waals surface area contributed by atoms with Crippen LogP contribution in [0.25, 0.3) is 0 Å². The predicted molar refractivity (Wildman–Crippen MR) is 132 cm³/mol. The maximum absolute atomic E-state index is 11.1. The van der Waals surface area contributed by atoms with Gasteiger partial charge in [-0.3, -0.25) is 0 Å². The number of rotatable bonds is 9. The number of hydrogen-bond donors (Lipinski definition) is 13. The quantitative estimate of drug-likeness (QED) is 0.110. The molecule has 0 aromatic heterocycles. The summed E-state index contributed by atoms with van der Waals surface area (Å²) in [6.07, 6.45) is -34.2. The molecule has 1 unspecified atom stereocenters. The Bertz CT molecular complexity index is 898. The molecule has 44 heavy (non-hydrogen) atoms. The molecule has 0 amide bonds. The minimum Gasteiger partial charge on any atom is -0.394 e. The maximum Gasteiger partial charge on any atom is 0.187 e. The van der Waals surface area contributed by atoms with Gasteiger partial charge in [0.05, 0.1) is 25.9 Å². The Morgan fingerprint density at radius 2 is 0.886 bits per heavy atom. The Hall–Kier alpha value is -0.800. The van der Waals surface area contributed by atoms with Gasteiger partial charge in [-0.1, -0.05) is 0 Å². The fourth-order valence-corrected chi connectivity index (χ4v) is 5.37. The number of ether oxygens (including phenoxy) is 7. The molecule has 0 aromatic rings. The van der Waals surface area contributed by atoms with E-state index in [4.69, 9.17) is 33.2 Å². The zero-order chi connectivity index (χ0) is 32.6. The highest BCUT2D eigenvalue weighted by Crippen LogP contribution is 2.33. The van der Waals surface area contributed by atoms with Gasteiger partial charge in [-0.2, -0.15) is 0 Å². The van der Waals surface area contributed by atoms with E-state index in [1.165, 1.54) is 6.92 Å². The van der Waals surface area contributed by atoms with E-state index >= 15 is 0 Å². The number of aliphatic hydroxyl groups excluding tert-OH is 13. The third kappa shape index (κ3) is 7.19. The lowest BCUT2D eigenvalue weighted by Gasteiger charge is -2.48. The van der Waals surface area contributed by atoms with E-state index in [1.54, 1.807) is 0 Å². The van der Waals surface area contributed by atoms with Gasteiger partial charge in [0, 0.05) is 0 Å². The molecule has 13 N–H and O–H groups in total. The van der Waals surface area contributed by atoms with Crippen molar-refractivity contribution in [2.24, 2.45) is 0 Å². The van der Waals surface area contributed by atoms with Crippen LogP contribution in [-0.4, -0.2) is 209 Å². The van der Waals surface area contributed by atoms with E-state index in [1.807, 2.05) is 0 Å². The van der Waals surface area contributed by atoms with Crippen LogP contribution in [0.3, 0.4) is 0 Å². The third-order valence-corrected chi connectivity index (χ3v) is 8.15. The average molecular weight is 651 g/mol. The Balaban J connectivity index is 1.55. The SMILES string of the molecule is C[C@@H]1OC(O)[C@H](O[C@H]2O[C@H](CO[C@@H]3O[C@H](CO)[C@H](O)[C@H](O)[C@H]3O)[C@@H](O[C@@H]3O[C@H](CO)[C@H](O)[C@H](O)[C@H]3O)[C@H](O)[C@H]2O)[C@H](O)[C@H]1O. The highest BCUT2D eigenvalue weighted by Gasteiger charge is 2.54. The molecule has 4 fully saturated rings. The molecule has 20 nitrogen and oxygen atoms in total. The molecule has 0 radical (unpaired) electrons. The second kappa shape index (κ2) is 15.0.